The minimum atomic E-state index is -0.539. The number of carbonyl (C=O) groups is 1. The zero-order chi connectivity index (χ0) is 11.3. The van der Waals surface area contributed by atoms with Crippen molar-refractivity contribution in [2.75, 3.05) is 6.61 Å². The SMILES string of the molecule is C/C(=N\OCC(N)=O)c1ccc(Br)cc1. The van der Waals surface area contributed by atoms with Gasteiger partial charge >= 0.3 is 0 Å². The number of carbonyl (C=O) groups excluding carboxylic acids is 1. The first-order valence-corrected chi connectivity index (χ1v) is 5.09. The molecule has 0 unspecified atom stereocenters. The smallest absolute Gasteiger partial charge is 0.258 e. The first kappa shape index (κ1) is 11.7. The summed E-state index contributed by atoms with van der Waals surface area (Å²) in [6.07, 6.45) is 0. The van der Waals surface area contributed by atoms with Crippen LogP contribution >= 0.6 is 15.9 Å². The molecule has 0 aliphatic rings. The van der Waals surface area contributed by atoms with E-state index in [0.29, 0.717) is 5.71 Å². The van der Waals surface area contributed by atoms with Crippen molar-refractivity contribution in [3.05, 3.63) is 34.3 Å². The fraction of sp³-hybridized carbons (Fsp3) is 0.200. The van der Waals surface area contributed by atoms with Gasteiger partial charge in [-0.05, 0) is 24.6 Å². The van der Waals surface area contributed by atoms with Gasteiger partial charge in [-0.25, -0.2) is 0 Å². The summed E-state index contributed by atoms with van der Waals surface area (Å²) in [5.41, 5.74) is 6.53. The van der Waals surface area contributed by atoms with E-state index in [1.54, 1.807) is 6.92 Å². The van der Waals surface area contributed by atoms with Crippen LogP contribution in [0.15, 0.2) is 33.9 Å². The lowest BCUT2D eigenvalue weighted by molar-refractivity contribution is -0.122. The molecule has 0 aliphatic carbocycles. The van der Waals surface area contributed by atoms with Crippen LogP contribution in [0, 0.1) is 0 Å². The number of nitrogens with zero attached hydrogens (tertiary/aromatic N) is 1. The van der Waals surface area contributed by atoms with E-state index in [1.165, 1.54) is 0 Å². The van der Waals surface area contributed by atoms with Crippen LogP contribution in [0.1, 0.15) is 12.5 Å². The second-order valence-electron chi connectivity index (χ2n) is 2.92. The van der Waals surface area contributed by atoms with Crippen molar-refractivity contribution in [2.24, 2.45) is 10.9 Å². The number of halogens is 1. The molecular weight excluding hydrogens is 260 g/mol. The molecule has 2 N–H and O–H groups in total. The van der Waals surface area contributed by atoms with Crippen molar-refractivity contribution in [3.8, 4) is 0 Å². The summed E-state index contributed by atoms with van der Waals surface area (Å²) < 4.78 is 0.997. The van der Waals surface area contributed by atoms with Gasteiger partial charge in [-0.1, -0.05) is 33.2 Å². The normalized spacial score (nSPS) is 11.2. The number of nitrogens with two attached hydrogens (primary N) is 1. The molecule has 0 aromatic heterocycles. The molecule has 15 heavy (non-hydrogen) atoms. The molecule has 4 nitrogen and oxygen atoms in total. The summed E-state index contributed by atoms with van der Waals surface area (Å²) in [7, 11) is 0. The molecule has 0 heterocycles. The summed E-state index contributed by atoms with van der Waals surface area (Å²) in [6, 6.07) is 7.61. The van der Waals surface area contributed by atoms with Crippen LogP contribution in [0.5, 0.6) is 0 Å². The Balaban J connectivity index is 2.63. The minimum absolute atomic E-state index is 0.201. The predicted octanol–water partition coefficient (Wildman–Crippen LogP) is 1.67. The number of amides is 1. The van der Waals surface area contributed by atoms with Crippen molar-refractivity contribution in [1.29, 1.82) is 0 Å². The van der Waals surface area contributed by atoms with Crippen molar-refractivity contribution in [3.63, 3.8) is 0 Å². The van der Waals surface area contributed by atoms with Crippen molar-refractivity contribution >= 4 is 27.5 Å². The fourth-order valence-corrected chi connectivity index (χ4v) is 1.20. The predicted molar refractivity (Wildman–Crippen MR) is 61.5 cm³/mol. The first-order chi connectivity index (χ1) is 7.09. The van der Waals surface area contributed by atoms with E-state index in [9.17, 15) is 4.79 Å². The van der Waals surface area contributed by atoms with Crippen LogP contribution in [0.3, 0.4) is 0 Å². The molecule has 0 radical (unpaired) electrons. The van der Waals surface area contributed by atoms with Gasteiger partial charge < -0.3 is 10.6 Å². The number of benzene rings is 1. The lowest BCUT2D eigenvalue weighted by Crippen LogP contribution is -2.16. The molecule has 0 bridgehead atoms. The highest BCUT2D eigenvalue weighted by atomic mass is 79.9. The van der Waals surface area contributed by atoms with E-state index >= 15 is 0 Å². The Bertz CT molecular complexity index is 374. The second-order valence-corrected chi connectivity index (χ2v) is 3.84. The number of rotatable bonds is 4. The highest BCUT2D eigenvalue weighted by Crippen LogP contribution is 2.11. The molecule has 0 spiro atoms. The standard InChI is InChI=1S/C10H11BrN2O2/c1-7(13-15-6-10(12)14)8-2-4-9(11)5-3-8/h2-5H,6H2,1H3,(H2,12,14)/b13-7+. The Labute approximate surface area is 96.2 Å². The van der Waals surface area contributed by atoms with Gasteiger partial charge in [0.25, 0.3) is 5.91 Å². The van der Waals surface area contributed by atoms with E-state index in [1.807, 2.05) is 24.3 Å². The number of primary amides is 1. The average molecular weight is 271 g/mol. The van der Waals surface area contributed by atoms with Crippen LogP contribution in [-0.4, -0.2) is 18.2 Å². The Morgan fingerprint density at radius 1 is 1.47 bits per heavy atom. The summed E-state index contributed by atoms with van der Waals surface area (Å²) in [4.78, 5) is 15.1. The third kappa shape index (κ3) is 4.12. The summed E-state index contributed by atoms with van der Waals surface area (Å²) in [5, 5.41) is 3.76. The fourth-order valence-electron chi connectivity index (χ4n) is 0.937. The van der Waals surface area contributed by atoms with Gasteiger partial charge in [0.05, 0.1) is 5.71 Å². The summed E-state index contributed by atoms with van der Waals surface area (Å²) in [5.74, 6) is -0.539. The first-order valence-electron chi connectivity index (χ1n) is 4.30. The molecule has 80 valence electrons. The van der Waals surface area contributed by atoms with E-state index in [2.05, 4.69) is 21.1 Å². The van der Waals surface area contributed by atoms with E-state index in [0.717, 1.165) is 10.0 Å². The van der Waals surface area contributed by atoms with Gasteiger partial charge in [-0.3, -0.25) is 4.79 Å². The van der Waals surface area contributed by atoms with Crippen LogP contribution in [0.4, 0.5) is 0 Å². The molecule has 0 atom stereocenters. The van der Waals surface area contributed by atoms with Crippen molar-refractivity contribution in [1.82, 2.24) is 0 Å². The molecule has 0 saturated carbocycles. The van der Waals surface area contributed by atoms with Gasteiger partial charge in [0.1, 0.15) is 0 Å². The maximum Gasteiger partial charge on any atom is 0.258 e. The van der Waals surface area contributed by atoms with Crippen LogP contribution < -0.4 is 5.73 Å². The lowest BCUT2D eigenvalue weighted by atomic mass is 10.1. The van der Waals surface area contributed by atoms with Crippen LogP contribution in [0.25, 0.3) is 0 Å². The van der Waals surface area contributed by atoms with E-state index < -0.39 is 5.91 Å². The molecule has 1 aromatic carbocycles. The molecule has 1 aromatic rings. The Morgan fingerprint density at radius 3 is 2.60 bits per heavy atom. The van der Waals surface area contributed by atoms with Gasteiger partial charge in [-0.15, -0.1) is 0 Å². The summed E-state index contributed by atoms with van der Waals surface area (Å²) in [6.45, 7) is 1.60. The highest BCUT2D eigenvalue weighted by Gasteiger charge is 1.98. The van der Waals surface area contributed by atoms with E-state index in [-0.39, 0.29) is 6.61 Å². The molecule has 0 aliphatic heterocycles. The molecular formula is C10H11BrN2O2. The molecule has 0 saturated heterocycles. The zero-order valence-electron chi connectivity index (χ0n) is 8.24. The molecule has 1 amide bonds. The summed E-state index contributed by atoms with van der Waals surface area (Å²) >= 11 is 3.33. The Hall–Kier alpha value is -1.36. The number of hydrogen-bond donors (Lipinski definition) is 1. The molecule has 5 heteroatoms. The maximum absolute atomic E-state index is 10.4. The molecule has 0 fully saturated rings. The highest BCUT2D eigenvalue weighted by molar-refractivity contribution is 9.10. The second kappa shape index (κ2) is 5.50. The Morgan fingerprint density at radius 2 is 2.07 bits per heavy atom. The molecule has 1 rings (SSSR count). The number of hydrogen-bond acceptors (Lipinski definition) is 3. The van der Waals surface area contributed by atoms with Crippen LogP contribution in [-0.2, 0) is 9.63 Å². The van der Waals surface area contributed by atoms with Crippen molar-refractivity contribution in [2.45, 2.75) is 6.92 Å². The van der Waals surface area contributed by atoms with Gasteiger partial charge in [0.2, 0.25) is 0 Å². The largest absolute Gasteiger partial charge is 0.385 e. The maximum atomic E-state index is 10.4. The average Bonchev–Trinajstić information content (AvgIpc) is 2.18. The third-order valence-corrected chi connectivity index (χ3v) is 2.20. The monoisotopic (exact) mass is 270 g/mol. The van der Waals surface area contributed by atoms with E-state index in [4.69, 9.17) is 10.6 Å². The van der Waals surface area contributed by atoms with Gasteiger partial charge in [0, 0.05) is 4.47 Å². The topological polar surface area (TPSA) is 64.7 Å². The Kier molecular flexibility index (Phi) is 4.30. The minimum Gasteiger partial charge on any atom is -0.385 e. The van der Waals surface area contributed by atoms with Crippen molar-refractivity contribution < 1.29 is 9.63 Å². The lowest BCUT2D eigenvalue weighted by Gasteiger charge is -2.00. The third-order valence-electron chi connectivity index (χ3n) is 1.67. The van der Waals surface area contributed by atoms with Crippen LogP contribution in [0.2, 0.25) is 0 Å². The zero-order valence-corrected chi connectivity index (χ0v) is 9.82. The van der Waals surface area contributed by atoms with Gasteiger partial charge in [0.15, 0.2) is 6.61 Å². The van der Waals surface area contributed by atoms with Gasteiger partial charge in [-0.2, -0.15) is 0 Å². The number of oxime groups is 1. The quantitative estimate of drug-likeness (QED) is 0.668.